The molecule has 3 amide bonds. The van der Waals surface area contributed by atoms with Crippen LogP contribution in [0, 0.1) is 5.92 Å². The van der Waals surface area contributed by atoms with Crippen molar-refractivity contribution in [3.8, 4) is 0 Å². The van der Waals surface area contributed by atoms with E-state index < -0.39 is 5.91 Å². The monoisotopic (exact) mass is 307 g/mol. The molecule has 1 atom stereocenters. The molecule has 0 aliphatic carbocycles. The van der Waals surface area contributed by atoms with Gasteiger partial charge in [0.1, 0.15) is 0 Å². The summed E-state index contributed by atoms with van der Waals surface area (Å²) in [6.07, 6.45) is 0. The summed E-state index contributed by atoms with van der Waals surface area (Å²) in [6, 6.07) is 6.36. The highest BCUT2D eigenvalue weighted by Crippen LogP contribution is 2.22. The van der Waals surface area contributed by atoms with Crippen LogP contribution < -0.4 is 16.1 Å². The number of carbonyl (C=O) groups is 2. The van der Waals surface area contributed by atoms with Crippen molar-refractivity contribution in [2.75, 3.05) is 0 Å². The Hall–Kier alpha value is -2.08. The molecule has 0 aliphatic heterocycles. The molecule has 0 bridgehead atoms. The number of benzene rings is 1. The van der Waals surface area contributed by atoms with Crippen LogP contribution in [0.4, 0.5) is 4.79 Å². The van der Waals surface area contributed by atoms with Crippen molar-refractivity contribution < 1.29 is 14.8 Å². The van der Waals surface area contributed by atoms with Gasteiger partial charge in [0.25, 0.3) is 5.91 Å². The molecule has 0 fully saturated rings. The highest BCUT2D eigenvalue weighted by Gasteiger charge is 2.21. The average molecular weight is 307 g/mol. The van der Waals surface area contributed by atoms with Crippen LogP contribution in [0.15, 0.2) is 24.3 Å². The fraction of sp³-hybridized carbons (Fsp3) is 0.500. The van der Waals surface area contributed by atoms with Crippen LogP contribution in [-0.4, -0.2) is 22.7 Å². The van der Waals surface area contributed by atoms with E-state index in [9.17, 15) is 9.59 Å². The predicted molar refractivity (Wildman–Crippen MR) is 84.7 cm³/mol. The largest absolute Gasteiger partial charge is 0.334 e. The SMILES string of the molecule is CC(C)C(NC(=O)NC(C)(C)C)c1ccc(C(=O)NO)cc1. The lowest BCUT2D eigenvalue weighted by atomic mass is 9.95. The molecule has 0 aliphatic rings. The van der Waals surface area contributed by atoms with E-state index in [1.54, 1.807) is 29.7 Å². The summed E-state index contributed by atoms with van der Waals surface area (Å²) in [5.74, 6) is -0.380. The molecule has 1 aromatic rings. The number of rotatable bonds is 4. The Morgan fingerprint density at radius 1 is 1.09 bits per heavy atom. The molecule has 0 saturated carbocycles. The number of urea groups is 1. The zero-order valence-corrected chi connectivity index (χ0v) is 13.7. The Labute approximate surface area is 131 Å². The molecule has 122 valence electrons. The van der Waals surface area contributed by atoms with Crippen molar-refractivity contribution in [3.63, 3.8) is 0 Å². The van der Waals surface area contributed by atoms with Crippen molar-refractivity contribution in [1.82, 2.24) is 16.1 Å². The van der Waals surface area contributed by atoms with Crippen LogP contribution in [0.2, 0.25) is 0 Å². The number of carbonyl (C=O) groups excluding carboxylic acids is 2. The van der Waals surface area contributed by atoms with Crippen LogP contribution in [0.25, 0.3) is 0 Å². The van der Waals surface area contributed by atoms with Crippen LogP contribution in [0.1, 0.15) is 56.6 Å². The van der Waals surface area contributed by atoms with Gasteiger partial charge in [0, 0.05) is 11.1 Å². The summed E-state index contributed by atoms with van der Waals surface area (Å²) < 4.78 is 0. The molecule has 0 heterocycles. The van der Waals surface area contributed by atoms with Crippen molar-refractivity contribution in [3.05, 3.63) is 35.4 Å². The summed E-state index contributed by atoms with van der Waals surface area (Å²) in [5.41, 5.74) is 2.53. The van der Waals surface area contributed by atoms with E-state index >= 15 is 0 Å². The molecular weight excluding hydrogens is 282 g/mol. The minimum Gasteiger partial charge on any atom is -0.334 e. The van der Waals surface area contributed by atoms with Crippen molar-refractivity contribution in [2.45, 2.75) is 46.2 Å². The van der Waals surface area contributed by atoms with Crippen LogP contribution in [0.3, 0.4) is 0 Å². The standard InChI is InChI=1S/C16H25N3O3/c1-10(2)13(17-15(21)18-16(3,4)5)11-6-8-12(9-7-11)14(20)19-22/h6-10,13,22H,1-5H3,(H,19,20)(H2,17,18,21). The molecular formula is C16H25N3O3. The Bertz CT molecular complexity index is 518. The maximum absolute atomic E-state index is 12.0. The van der Waals surface area contributed by atoms with Gasteiger partial charge < -0.3 is 10.6 Å². The van der Waals surface area contributed by atoms with E-state index in [1.807, 2.05) is 34.6 Å². The third kappa shape index (κ3) is 5.37. The first kappa shape index (κ1) is 18.0. The third-order valence-electron chi connectivity index (χ3n) is 3.08. The van der Waals surface area contributed by atoms with Crippen molar-refractivity contribution in [2.24, 2.45) is 5.92 Å². The fourth-order valence-electron chi connectivity index (χ4n) is 2.06. The van der Waals surface area contributed by atoms with Gasteiger partial charge in [0.05, 0.1) is 6.04 Å². The number of hydroxylamine groups is 1. The maximum Gasteiger partial charge on any atom is 0.315 e. The molecule has 0 spiro atoms. The first-order valence-corrected chi connectivity index (χ1v) is 7.27. The lowest BCUT2D eigenvalue weighted by Crippen LogP contribution is -2.48. The summed E-state index contributed by atoms with van der Waals surface area (Å²) >= 11 is 0. The van der Waals surface area contributed by atoms with E-state index in [0.717, 1.165) is 5.56 Å². The van der Waals surface area contributed by atoms with Gasteiger partial charge in [-0.25, -0.2) is 10.3 Å². The van der Waals surface area contributed by atoms with Gasteiger partial charge in [-0.2, -0.15) is 0 Å². The zero-order chi connectivity index (χ0) is 16.9. The number of hydrogen-bond acceptors (Lipinski definition) is 3. The van der Waals surface area contributed by atoms with Crippen molar-refractivity contribution in [1.29, 1.82) is 0 Å². The van der Waals surface area contributed by atoms with Gasteiger partial charge in [-0.1, -0.05) is 26.0 Å². The quantitative estimate of drug-likeness (QED) is 0.509. The molecule has 22 heavy (non-hydrogen) atoms. The molecule has 0 radical (unpaired) electrons. The van der Waals surface area contributed by atoms with E-state index in [4.69, 9.17) is 5.21 Å². The highest BCUT2D eigenvalue weighted by atomic mass is 16.5. The average Bonchev–Trinajstić information content (AvgIpc) is 2.42. The second kappa shape index (κ2) is 7.26. The predicted octanol–water partition coefficient (Wildman–Crippen LogP) is 2.60. The molecule has 0 saturated heterocycles. The molecule has 6 nitrogen and oxygen atoms in total. The zero-order valence-electron chi connectivity index (χ0n) is 13.7. The number of hydrogen-bond donors (Lipinski definition) is 4. The molecule has 6 heteroatoms. The summed E-state index contributed by atoms with van der Waals surface area (Å²) in [7, 11) is 0. The Kier molecular flexibility index (Phi) is 5.93. The fourth-order valence-corrected chi connectivity index (χ4v) is 2.06. The Morgan fingerprint density at radius 2 is 1.64 bits per heavy atom. The lowest BCUT2D eigenvalue weighted by Gasteiger charge is -2.27. The summed E-state index contributed by atoms with van der Waals surface area (Å²) in [4.78, 5) is 23.4. The first-order valence-electron chi connectivity index (χ1n) is 7.27. The second-order valence-electron chi connectivity index (χ2n) is 6.63. The van der Waals surface area contributed by atoms with Crippen LogP contribution >= 0.6 is 0 Å². The van der Waals surface area contributed by atoms with Crippen molar-refractivity contribution >= 4 is 11.9 Å². The Morgan fingerprint density at radius 3 is 2.05 bits per heavy atom. The first-order chi connectivity index (χ1) is 10.1. The van der Waals surface area contributed by atoms with E-state index in [-0.39, 0.29) is 23.5 Å². The molecule has 1 unspecified atom stereocenters. The van der Waals surface area contributed by atoms with Crippen LogP contribution in [0.5, 0.6) is 0 Å². The van der Waals surface area contributed by atoms with Gasteiger partial charge in [-0.15, -0.1) is 0 Å². The topological polar surface area (TPSA) is 90.5 Å². The Balaban J connectivity index is 2.87. The number of amides is 3. The summed E-state index contributed by atoms with van der Waals surface area (Å²) in [5, 5.41) is 14.4. The number of nitrogens with one attached hydrogen (secondary N) is 3. The van der Waals surface area contributed by atoms with Gasteiger partial charge in [-0.3, -0.25) is 10.0 Å². The van der Waals surface area contributed by atoms with Gasteiger partial charge in [-0.05, 0) is 44.4 Å². The normalized spacial score (nSPS) is 12.7. The minimum absolute atomic E-state index is 0.173. The summed E-state index contributed by atoms with van der Waals surface area (Å²) in [6.45, 7) is 9.77. The highest BCUT2D eigenvalue weighted by molar-refractivity contribution is 5.93. The van der Waals surface area contributed by atoms with Crippen LogP contribution in [-0.2, 0) is 0 Å². The van der Waals surface area contributed by atoms with E-state index in [1.165, 1.54) is 0 Å². The molecule has 4 N–H and O–H groups in total. The smallest absolute Gasteiger partial charge is 0.315 e. The van der Waals surface area contributed by atoms with Gasteiger partial charge in [0.2, 0.25) is 0 Å². The molecule has 0 aromatic heterocycles. The van der Waals surface area contributed by atoms with E-state index in [2.05, 4.69) is 10.6 Å². The molecule has 1 aromatic carbocycles. The second-order valence-corrected chi connectivity index (χ2v) is 6.63. The maximum atomic E-state index is 12.0. The van der Waals surface area contributed by atoms with E-state index in [0.29, 0.717) is 5.56 Å². The minimum atomic E-state index is -0.564. The third-order valence-corrected chi connectivity index (χ3v) is 3.08. The lowest BCUT2D eigenvalue weighted by molar-refractivity contribution is 0.0706. The van der Waals surface area contributed by atoms with Gasteiger partial charge >= 0.3 is 6.03 Å². The van der Waals surface area contributed by atoms with Gasteiger partial charge in [0.15, 0.2) is 0 Å². The molecule has 1 rings (SSSR count).